The van der Waals surface area contributed by atoms with E-state index in [1.165, 1.54) is 16.7 Å². The zero-order valence-corrected chi connectivity index (χ0v) is 16.5. The third-order valence-electron chi connectivity index (χ3n) is 5.31. The molecule has 2 aromatic rings. The molecule has 0 unspecified atom stereocenters. The van der Waals surface area contributed by atoms with Gasteiger partial charge >= 0.3 is 6.03 Å². The van der Waals surface area contributed by atoms with Crippen LogP contribution in [0.3, 0.4) is 0 Å². The molecule has 144 valence electrons. The minimum atomic E-state index is -0.0115. The first-order chi connectivity index (χ1) is 13.1. The van der Waals surface area contributed by atoms with Gasteiger partial charge in [0, 0.05) is 38.4 Å². The maximum atomic E-state index is 12.5. The molecule has 0 aliphatic carbocycles. The zero-order chi connectivity index (χ0) is 19.2. The van der Waals surface area contributed by atoms with Crippen LogP contribution in [0.1, 0.15) is 16.7 Å². The van der Waals surface area contributed by atoms with Crippen molar-refractivity contribution in [3.63, 3.8) is 0 Å². The molecule has 0 atom stereocenters. The van der Waals surface area contributed by atoms with Gasteiger partial charge in [-0.1, -0.05) is 24.3 Å². The Morgan fingerprint density at radius 2 is 1.78 bits per heavy atom. The summed E-state index contributed by atoms with van der Waals surface area (Å²) in [6.45, 7) is 8.42. The molecule has 5 heteroatoms. The Morgan fingerprint density at radius 3 is 2.48 bits per heavy atom. The smallest absolute Gasteiger partial charge is 0.321 e. The highest BCUT2D eigenvalue weighted by Crippen LogP contribution is 2.19. The number of piperazine rings is 1. The van der Waals surface area contributed by atoms with Crippen LogP contribution in [-0.4, -0.2) is 55.7 Å². The summed E-state index contributed by atoms with van der Waals surface area (Å²) in [4.78, 5) is 16.8. The summed E-state index contributed by atoms with van der Waals surface area (Å²) in [6.07, 6.45) is 0.957. The number of hydrogen-bond acceptors (Lipinski definition) is 3. The number of rotatable bonds is 5. The topological polar surface area (TPSA) is 44.8 Å². The van der Waals surface area contributed by atoms with Gasteiger partial charge in [-0.3, -0.25) is 4.90 Å². The van der Waals surface area contributed by atoms with Crippen LogP contribution >= 0.6 is 0 Å². The van der Waals surface area contributed by atoms with Crippen molar-refractivity contribution in [3.8, 4) is 5.75 Å². The number of benzene rings is 2. The summed E-state index contributed by atoms with van der Waals surface area (Å²) in [5, 5.41) is 3.02. The summed E-state index contributed by atoms with van der Waals surface area (Å²) in [7, 11) is 1.71. The number of ether oxygens (including phenoxy) is 1. The second kappa shape index (κ2) is 8.91. The molecule has 1 aliphatic heterocycles. The lowest BCUT2D eigenvalue weighted by atomic mass is 10.1. The Kier molecular flexibility index (Phi) is 6.35. The fourth-order valence-electron chi connectivity index (χ4n) is 3.38. The molecule has 0 bridgehead atoms. The van der Waals surface area contributed by atoms with Crippen molar-refractivity contribution in [1.82, 2.24) is 9.80 Å². The minimum Gasteiger partial charge on any atom is -0.496 e. The fourth-order valence-corrected chi connectivity index (χ4v) is 3.38. The molecule has 5 nitrogen and oxygen atoms in total. The second-order valence-corrected chi connectivity index (χ2v) is 7.12. The highest BCUT2D eigenvalue weighted by Gasteiger charge is 2.21. The van der Waals surface area contributed by atoms with E-state index in [2.05, 4.69) is 30.1 Å². The SMILES string of the molecule is COc1ccccc1CCN1CCN(C(=O)Nc2ccc(C)c(C)c2)CC1. The van der Waals surface area contributed by atoms with Gasteiger partial charge in [0.2, 0.25) is 0 Å². The molecule has 1 aliphatic rings. The highest BCUT2D eigenvalue weighted by molar-refractivity contribution is 5.89. The molecule has 1 heterocycles. The van der Waals surface area contributed by atoms with Gasteiger partial charge in [-0.2, -0.15) is 0 Å². The molecular weight excluding hydrogens is 338 g/mol. The van der Waals surface area contributed by atoms with Crippen LogP contribution in [0, 0.1) is 13.8 Å². The molecule has 2 aromatic carbocycles. The number of carbonyl (C=O) groups is 1. The van der Waals surface area contributed by atoms with Crippen molar-refractivity contribution < 1.29 is 9.53 Å². The third kappa shape index (κ3) is 5.01. The monoisotopic (exact) mass is 367 g/mol. The molecule has 1 saturated heterocycles. The van der Waals surface area contributed by atoms with E-state index in [-0.39, 0.29) is 6.03 Å². The third-order valence-corrected chi connectivity index (χ3v) is 5.31. The number of carbonyl (C=O) groups excluding carboxylic acids is 1. The number of urea groups is 1. The number of nitrogens with zero attached hydrogens (tertiary/aromatic N) is 2. The van der Waals surface area contributed by atoms with E-state index in [0.717, 1.165) is 50.6 Å². The Balaban J connectivity index is 1.46. The van der Waals surface area contributed by atoms with E-state index in [0.29, 0.717) is 0 Å². The molecular formula is C22H29N3O2. The number of nitrogens with one attached hydrogen (secondary N) is 1. The highest BCUT2D eigenvalue weighted by atomic mass is 16.5. The van der Waals surface area contributed by atoms with Crippen LogP contribution in [0.4, 0.5) is 10.5 Å². The lowest BCUT2D eigenvalue weighted by Gasteiger charge is -2.34. The van der Waals surface area contributed by atoms with Crippen LogP contribution in [0.25, 0.3) is 0 Å². The summed E-state index contributed by atoms with van der Waals surface area (Å²) >= 11 is 0. The second-order valence-electron chi connectivity index (χ2n) is 7.12. The first kappa shape index (κ1) is 19.2. The molecule has 0 saturated carbocycles. The van der Waals surface area contributed by atoms with Crippen LogP contribution in [0.2, 0.25) is 0 Å². The number of aryl methyl sites for hydroxylation is 2. The Labute approximate surface area is 161 Å². The van der Waals surface area contributed by atoms with Crippen molar-refractivity contribution in [3.05, 3.63) is 59.2 Å². The lowest BCUT2D eigenvalue weighted by Crippen LogP contribution is -2.50. The molecule has 0 spiro atoms. The first-order valence-corrected chi connectivity index (χ1v) is 9.54. The largest absolute Gasteiger partial charge is 0.496 e. The summed E-state index contributed by atoms with van der Waals surface area (Å²) in [5.74, 6) is 0.948. The number of anilines is 1. The molecule has 2 amide bonds. The molecule has 0 radical (unpaired) electrons. The average Bonchev–Trinajstić information content (AvgIpc) is 2.69. The normalized spacial score (nSPS) is 14.9. The van der Waals surface area contributed by atoms with Gasteiger partial charge < -0.3 is 15.0 Å². The summed E-state index contributed by atoms with van der Waals surface area (Å²) in [5.41, 5.74) is 4.52. The van der Waals surface area contributed by atoms with Gasteiger partial charge in [0.1, 0.15) is 5.75 Å². The Bertz CT molecular complexity index is 783. The van der Waals surface area contributed by atoms with Crippen molar-refractivity contribution in [2.75, 3.05) is 45.2 Å². The van der Waals surface area contributed by atoms with E-state index in [1.807, 2.05) is 41.3 Å². The van der Waals surface area contributed by atoms with Gasteiger partial charge in [0.15, 0.2) is 0 Å². The van der Waals surface area contributed by atoms with E-state index < -0.39 is 0 Å². The quantitative estimate of drug-likeness (QED) is 0.876. The van der Waals surface area contributed by atoms with E-state index in [9.17, 15) is 4.79 Å². The standard InChI is InChI=1S/C22H29N3O2/c1-17-8-9-20(16-18(17)2)23-22(26)25-14-12-24(13-15-25)11-10-19-6-4-5-7-21(19)27-3/h4-9,16H,10-15H2,1-3H3,(H,23,26). The predicted octanol–water partition coefficient (Wildman–Crippen LogP) is 3.70. The average molecular weight is 367 g/mol. The Morgan fingerprint density at radius 1 is 1.04 bits per heavy atom. The zero-order valence-electron chi connectivity index (χ0n) is 16.5. The van der Waals surface area contributed by atoms with Gasteiger partial charge in [0.05, 0.1) is 7.11 Å². The van der Waals surface area contributed by atoms with Crippen LogP contribution in [0.15, 0.2) is 42.5 Å². The fraction of sp³-hybridized carbons (Fsp3) is 0.409. The molecule has 0 aromatic heterocycles. The van der Waals surface area contributed by atoms with Crippen LogP contribution in [-0.2, 0) is 6.42 Å². The number of hydrogen-bond donors (Lipinski definition) is 1. The van der Waals surface area contributed by atoms with E-state index in [4.69, 9.17) is 4.74 Å². The first-order valence-electron chi connectivity index (χ1n) is 9.54. The summed E-state index contributed by atoms with van der Waals surface area (Å²) < 4.78 is 5.43. The molecule has 3 rings (SSSR count). The van der Waals surface area contributed by atoms with E-state index >= 15 is 0 Å². The maximum absolute atomic E-state index is 12.5. The van der Waals surface area contributed by atoms with Crippen molar-refractivity contribution in [1.29, 1.82) is 0 Å². The van der Waals surface area contributed by atoms with Gasteiger partial charge in [0.25, 0.3) is 0 Å². The van der Waals surface area contributed by atoms with Crippen molar-refractivity contribution in [2.45, 2.75) is 20.3 Å². The molecule has 1 N–H and O–H groups in total. The van der Waals surface area contributed by atoms with E-state index in [1.54, 1.807) is 7.11 Å². The van der Waals surface area contributed by atoms with Gasteiger partial charge in [-0.25, -0.2) is 4.79 Å². The molecule has 1 fully saturated rings. The Hall–Kier alpha value is -2.53. The number of amides is 2. The summed E-state index contributed by atoms with van der Waals surface area (Å²) in [6, 6.07) is 14.2. The number of methoxy groups -OCH3 is 1. The van der Waals surface area contributed by atoms with Crippen LogP contribution in [0.5, 0.6) is 5.75 Å². The van der Waals surface area contributed by atoms with Crippen molar-refractivity contribution in [2.24, 2.45) is 0 Å². The maximum Gasteiger partial charge on any atom is 0.321 e. The number of para-hydroxylation sites is 1. The predicted molar refractivity (Wildman–Crippen MR) is 110 cm³/mol. The molecule has 27 heavy (non-hydrogen) atoms. The lowest BCUT2D eigenvalue weighted by molar-refractivity contribution is 0.148. The van der Waals surface area contributed by atoms with Gasteiger partial charge in [-0.05, 0) is 55.2 Å². The van der Waals surface area contributed by atoms with Gasteiger partial charge in [-0.15, -0.1) is 0 Å². The minimum absolute atomic E-state index is 0.0115. The van der Waals surface area contributed by atoms with Crippen LogP contribution < -0.4 is 10.1 Å². The van der Waals surface area contributed by atoms with Crippen molar-refractivity contribution >= 4 is 11.7 Å².